The Hall–Kier alpha value is -0.830. The van der Waals surface area contributed by atoms with E-state index in [0.29, 0.717) is 6.42 Å². The van der Waals surface area contributed by atoms with Crippen molar-refractivity contribution in [2.45, 2.75) is 116 Å². The highest BCUT2D eigenvalue weighted by Crippen LogP contribution is 2.12. The third-order valence-corrected chi connectivity index (χ3v) is 4.70. The Bertz CT molecular complexity index is 312. The molecule has 0 aromatic carbocycles. The average Bonchev–Trinajstić information content (AvgIpc) is 2.62. The predicted molar refractivity (Wildman–Crippen MR) is 107 cm³/mol. The van der Waals surface area contributed by atoms with E-state index in [9.17, 15) is 9.90 Å². The molecule has 1 atom stereocenters. The van der Waals surface area contributed by atoms with Gasteiger partial charge in [0.1, 0.15) is 0 Å². The van der Waals surface area contributed by atoms with Crippen LogP contribution < -0.4 is 0 Å². The fourth-order valence-corrected chi connectivity index (χ4v) is 2.99. The highest BCUT2D eigenvalue weighted by atomic mass is 16.5. The minimum Gasteiger partial charge on any atom is -0.469 e. The lowest BCUT2D eigenvalue weighted by Crippen LogP contribution is -2.04. The van der Waals surface area contributed by atoms with Crippen LogP contribution in [0, 0.1) is 0 Å². The number of aliphatic hydroxyl groups is 1. The van der Waals surface area contributed by atoms with Crippen LogP contribution in [0.5, 0.6) is 0 Å². The molecule has 0 amide bonds. The molecule has 1 N–H and O–H groups in total. The van der Waals surface area contributed by atoms with Gasteiger partial charge < -0.3 is 9.84 Å². The van der Waals surface area contributed by atoms with Crippen LogP contribution in [0.25, 0.3) is 0 Å². The molecule has 0 aromatic rings. The molecular weight excluding hydrogens is 312 g/mol. The third-order valence-electron chi connectivity index (χ3n) is 4.70. The summed E-state index contributed by atoms with van der Waals surface area (Å²) in [7, 11) is 1.45. The fraction of sp³-hybridized carbons (Fsp3) is 0.864. The molecular formula is C22H42O3. The lowest BCUT2D eigenvalue weighted by atomic mass is 10.1. The molecule has 3 heteroatoms. The molecule has 0 fully saturated rings. The molecule has 3 nitrogen and oxygen atoms in total. The minimum atomic E-state index is -0.150. The van der Waals surface area contributed by atoms with Crippen LogP contribution in [0.15, 0.2) is 12.2 Å². The quantitative estimate of drug-likeness (QED) is 0.177. The SMILES string of the molecule is CCCCCCC[C@@H](O)CC=CCCCCCCCCCC(=O)OC. The molecule has 0 aliphatic heterocycles. The van der Waals surface area contributed by atoms with Crippen molar-refractivity contribution >= 4 is 5.97 Å². The lowest BCUT2D eigenvalue weighted by molar-refractivity contribution is -0.140. The van der Waals surface area contributed by atoms with Crippen molar-refractivity contribution in [1.29, 1.82) is 0 Å². The Labute approximate surface area is 156 Å². The maximum absolute atomic E-state index is 11.0. The first-order valence-electron chi connectivity index (χ1n) is 10.6. The normalized spacial score (nSPS) is 12.6. The zero-order valence-electron chi connectivity index (χ0n) is 16.8. The summed E-state index contributed by atoms with van der Waals surface area (Å²) >= 11 is 0. The molecule has 148 valence electrons. The van der Waals surface area contributed by atoms with Gasteiger partial charge in [0.2, 0.25) is 0 Å². The molecule has 0 spiro atoms. The van der Waals surface area contributed by atoms with Gasteiger partial charge in [0.05, 0.1) is 13.2 Å². The predicted octanol–water partition coefficient (Wildman–Crippen LogP) is 6.34. The first-order valence-corrected chi connectivity index (χ1v) is 10.6. The van der Waals surface area contributed by atoms with E-state index in [2.05, 4.69) is 23.8 Å². The van der Waals surface area contributed by atoms with Crippen molar-refractivity contribution in [3.63, 3.8) is 0 Å². The Kier molecular flexibility index (Phi) is 18.8. The van der Waals surface area contributed by atoms with Gasteiger partial charge in [0.25, 0.3) is 0 Å². The maximum atomic E-state index is 11.0. The summed E-state index contributed by atoms with van der Waals surface area (Å²) in [4.78, 5) is 11.0. The molecule has 0 aromatic heterocycles. The van der Waals surface area contributed by atoms with Crippen molar-refractivity contribution in [1.82, 2.24) is 0 Å². The van der Waals surface area contributed by atoms with E-state index in [-0.39, 0.29) is 12.1 Å². The zero-order valence-corrected chi connectivity index (χ0v) is 16.8. The second-order valence-electron chi connectivity index (χ2n) is 7.15. The number of ether oxygens (including phenoxy) is 1. The van der Waals surface area contributed by atoms with Crippen molar-refractivity contribution in [2.24, 2.45) is 0 Å². The van der Waals surface area contributed by atoms with Crippen molar-refractivity contribution < 1.29 is 14.6 Å². The van der Waals surface area contributed by atoms with Gasteiger partial charge in [0.15, 0.2) is 0 Å². The van der Waals surface area contributed by atoms with Gasteiger partial charge in [-0.25, -0.2) is 0 Å². The van der Waals surface area contributed by atoms with E-state index >= 15 is 0 Å². The number of esters is 1. The Morgan fingerprint density at radius 2 is 1.48 bits per heavy atom. The van der Waals surface area contributed by atoms with E-state index in [1.165, 1.54) is 64.9 Å². The molecule has 0 aliphatic rings. The highest BCUT2D eigenvalue weighted by molar-refractivity contribution is 5.68. The first kappa shape index (κ1) is 24.2. The summed E-state index contributed by atoms with van der Waals surface area (Å²) in [6.45, 7) is 2.23. The number of aliphatic hydroxyl groups excluding tert-OH is 1. The first-order chi connectivity index (χ1) is 12.2. The monoisotopic (exact) mass is 354 g/mol. The smallest absolute Gasteiger partial charge is 0.305 e. The number of methoxy groups -OCH3 is 1. The lowest BCUT2D eigenvalue weighted by Gasteiger charge is -2.07. The summed E-state index contributed by atoms with van der Waals surface area (Å²) < 4.78 is 4.63. The molecule has 0 heterocycles. The highest BCUT2D eigenvalue weighted by Gasteiger charge is 2.01. The number of carbonyl (C=O) groups excluding carboxylic acids is 1. The molecule has 0 rings (SSSR count). The molecule has 0 radical (unpaired) electrons. The van der Waals surface area contributed by atoms with Crippen LogP contribution in [-0.4, -0.2) is 24.3 Å². The molecule has 0 aliphatic carbocycles. The minimum absolute atomic E-state index is 0.0894. The number of carbonyl (C=O) groups is 1. The van der Waals surface area contributed by atoms with Crippen LogP contribution in [0.4, 0.5) is 0 Å². The largest absolute Gasteiger partial charge is 0.469 e. The van der Waals surface area contributed by atoms with E-state index in [1.54, 1.807) is 0 Å². The van der Waals surface area contributed by atoms with Crippen molar-refractivity contribution in [3.05, 3.63) is 12.2 Å². The van der Waals surface area contributed by atoms with Crippen molar-refractivity contribution in [2.75, 3.05) is 7.11 Å². The van der Waals surface area contributed by atoms with Crippen LogP contribution in [-0.2, 0) is 9.53 Å². The standard InChI is InChI=1S/C22H42O3/c1-3-4-5-12-15-18-21(23)19-16-13-10-8-6-7-9-11-14-17-20-22(24)25-2/h13,16,21,23H,3-12,14-15,17-20H2,1-2H3/t21-/m1/s1. The Morgan fingerprint density at radius 1 is 0.880 bits per heavy atom. The van der Waals surface area contributed by atoms with E-state index in [1.807, 2.05) is 0 Å². The second kappa shape index (κ2) is 19.5. The van der Waals surface area contributed by atoms with E-state index < -0.39 is 0 Å². The number of unbranched alkanes of at least 4 members (excludes halogenated alkanes) is 11. The average molecular weight is 355 g/mol. The number of hydrogen-bond acceptors (Lipinski definition) is 3. The van der Waals surface area contributed by atoms with Gasteiger partial charge in [-0.1, -0.05) is 83.3 Å². The molecule has 0 saturated heterocycles. The molecule has 0 bridgehead atoms. The van der Waals surface area contributed by atoms with Gasteiger partial charge in [-0.3, -0.25) is 4.79 Å². The van der Waals surface area contributed by atoms with Gasteiger partial charge in [-0.15, -0.1) is 0 Å². The molecule has 0 saturated carbocycles. The summed E-state index contributed by atoms with van der Waals surface area (Å²) in [5.41, 5.74) is 0. The summed E-state index contributed by atoms with van der Waals surface area (Å²) in [6.07, 6.45) is 22.4. The summed E-state index contributed by atoms with van der Waals surface area (Å²) in [6, 6.07) is 0. The number of rotatable bonds is 18. The Balaban J connectivity index is 3.25. The van der Waals surface area contributed by atoms with Crippen molar-refractivity contribution in [3.8, 4) is 0 Å². The van der Waals surface area contributed by atoms with Crippen LogP contribution in [0.2, 0.25) is 0 Å². The Morgan fingerprint density at radius 3 is 2.16 bits per heavy atom. The third kappa shape index (κ3) is 19.3. The zero-order chi connectivity index (χ0) is 18.6. The number of hydrogen-bond donors (Lipinski definition) is 1. The van der Waals surface area contributed by atoms with E-state index in [4.69, 9.17) is 0 Å². The van der Waals surface area contributed by atoms with Crippen LogP contribution >= 0.6 is 0 Å². The van der Waals surface area contributed by atoms with Gasteiger partial charge in [-0.2, -0.15) is 0 Å². The molecule has 0 unspecified atom stereocenters. The van der Waals surface area contributed by atoms with Gasteiger partial charge >= 0.3 is 5.97 Å². The van der Waals surface area contributed by atoms with E-state index in [0.717, 1.165) is 38.5 Å². The van der Waals surface area contributed by atoms with Gasteiger partial charge in [0, 0.05) is 6.42 Å². The van der Waals surface area contributed by atoms with Gasteiger partial charge in [-0.05, 0) is 32.1 Å². The van der Waals surface area contributed by atoms with Crippen LogP contribution in [0.3, 0.4) is 0 Å². The fourth-order valence-electron chi connectivity index (χ4n) is 2.99. The summed E-state index contributed by atoms with van der Waals surface area (Å²) in [5.74, 6) is -0.0894. The molecule has 25 heavy (non-hydrogen) atoms. The topological polar surface area (TPSA) is 46.5 Å². The maximum Gasteiger partial charge on any atom is 0.305 e. The van der Waals surface area contributed by atoms with Crippen LogP contribution in [0.1, 0.15) is 110 Å². The number of allylic oxidation sites excluding steroid dienone is 1. The second-order valence-corrected chi connectivity index (χ2v) is 7.15. The summed E-state index contributed by atoms with van der Waals surface area (Å²) in [5, 5.41) is 9.92.